The molecule has 0 aromatic heterocycles. The lowest BCUT2D eigenvalue weighted by atomic mass is 10.0. The molecule has 5 nitrogen and oxygen atoms in total. The Morgan fingerprint density at radius 1 is 1.08 bits per heavy atom. The van der Waals surface area contributed by atoms with Crippen LogP contribution in [0.1, 0.15) is 18.4 Å². The summed E-state index contributed by atoms with van der Waals surface area (Å²) in [7, 11) is -3.25. The molecular weight excluding hydrogens is 348 g/mol. The molecule has 1 aliphatic rings. The standard InChI is InChI=1S/C20H24N2O3S/c1-26(24,25)21-19-8-5-13-22(15-19)20(23)14-16-9-11-18(12-10-16)17-6-3-2-4-7-17/h2-4,6-7,9-12,19,21H,5,8,13-15H2,1H3/t19-/m0/s1. The maximum absolute atomic E-state index is 12.6. The number of piperidine rings is 1. The number of benzene rings is 2. The Hall–Kier alpha value is -2.18. The lowest BCUT2D eigenvalue weighted by molar-refractivity contribution is -0.131. The highest BCUT2D eigenvalue weighted by Crippen LogP contribution is 2.20. The summed E-state index contributed by atoms with van der Waals surface area (Å²) in [6.45, 7) is 1.12. The van der Waals surface area contributed by atoms with Gasteiger partial charge in [-0.15, -0.1) is 0 Å². The molecule has 1 fully saturated rings. The second kappa shape index (κ2) is 8.01. The predicted octanol–water partition coefficient (Wildman–Crippen LogP) is 2.44. The number of carbonyl (C=O) groups excluding carboxylic acids is 1. The van der Waals surface area contributed by atoms with Crippen LogP contribution in [0, 0.1) is 0 Å². The first-order chi connectivity index (χ1) is 12.4. The van der Waals surface area contributed by atoms with Crippen LogP contribution in [0.2, 0.25) is 0 Å². The minimum absolute atomic E-state index is 0.0393. The molecule has 1 atom stereocenters. The Kier molecular flexibility index (Phi) is 5.74. The lowest BCUT2D eigenvalue weighted by Crippen LogP contribution is -2.49. The van der Waals surface area contributed by atoms with Gasteiger partial charge >= 0.3 is 0 Å². The molecule has 1 aliphatic heterocycles. The van der Waals surface area contributed by atoms with E-state index in [2.05, 4.69) is 16.9 Å². The molecule has 0 unspecified atom stereocenters. The fourth-order valence-electron chi connectivity index (χ4n) is 3.33. The van der Waals surface area contributed by atoms with Gasteiger partial charge in [-0.3, -0.25) is 4.79 Å². The number of rotatable bonds is 5. The van der Waals surface area contributed by atoms with Crippen LogP contribution in [-0.2, 0) is 21.2 Å². The lowest BCUT2D eigenvalue weighted by Gasteiger charge is -2.32. The van der Waals surface area contributed by atoms with Crippen molar-refractivity contribution in [3.05, 3.63) is 60.2 Å². The first kappa shape index (κ1) is 18.6. The molecule has 1 amide bonds. The Balaban J connectivity index is 1.61. The van der Waals surface area contributed by atoms with Crippen LogP contribution in [0.15, 0.2) is 54.6 Å². The zero-order valence-corrected chi connectivity index (χ0v) is 15.7. The van der Waals surface area contributed by atoms with E-state index in [0.717, 1.165) is 35.8 Å². The third-order valence-electron chi connectivity index (χ3n) is 4.57. The fraction of sp³-hybridized carbons (Fsp3) is 0.350. The van der Waals surface area contributed by atoms with E-state index in [1.807, 2.05) is 42.5 Å². The molecule has 0 saturated carbocycles. The molecule has 138 valence electrons. The van der Waals surface area contributed by atoms with Crippen LogP contribution in [0.3, 0.4) is 0 Å². The van der Waals surface area contributed by atoms with Crippen LogP contribution in [0.25, 0.3) is 11.1 Å². The maximum atomic E-state index is 12.6. The number of nitrogens with one attached hydrogen (secondary N) is 1. The molecule has 0 radical (unpaired) electrons. The topological polar surface area (TPSA) is 66.5 Å². The van der Waals surface area contributed by atoms with Gasteiger partial charge in [-0.25, -0.2) is 13.1 Å². The van der Waals surface area contributed by atoms with E-state index >= 15 is 0 Å². The van der Waals surface area contributed by atoms with Crippen LogP contribution < -0.4 is 4.72 Å². The Labute approximate surface area is 155 Å². The number of likely N-dealkylation sites (tertiary alicyclic amines) is 1. The van der Waals surface area contributed by atoms with Crippen molar-refractivity contribution in [3.8, 4) is 11.1 Å². The van der Waals surface area contributed by atoms with E-state index in [1.54, 1.807) is 4.90 Å². The molecule has 0 bridgehead atoms. The van der Waals surface area contributed by atoms with Gasteiger partial charge in [0.15, 0.2) is 0 Å². The monoisotopic (exact) mass is 372 g/mol. The molecule has 3 rings (SSSR count). The molecule has 0 spiro atoms. The first-order valence-electron chi connectivity index (χ1n) is 8.80. The van der Waals surface area contributed by atoms with Crippen LogP contribution in [0.5, 0.6) is 0 Å². The van der Waals surface area contributed by atoms with Gasteiger partial charge in [0.05, 0.1) is 12.7 Å². The van der Waals surface area contributed by atoms with Gasteiger partial charge in [-0.2, -0.15) is 0 Å². The van der Waals surface area contributed by atoms with E-state index in [1.165, 1.54) is 0 Å². The van der Waals surface area contributed by atoms with Crippen molar-refractivity contribution in [1.29, 1.82) is 0 Å². The van der Waals surface area contributed by atoms with Crippen LogP contribution in [0.4, 0.5) is 0 Å². The van der Waals surface area contributed by atoms with Crippen LogP contribution in [-0.4, -0.2) is 44.6 Å². The fourth-order valence-corrected chi connectivity index (χ4v) is 4.13. The number of sulfonamides is 1. The first-order valence-corrected chi connectivity index (χ1v) is 10.7. The Morgan fingerprint density at radius 3 is 2.38 bits per heavy atom. The molecule has 6 heteroatoms. The number of nitrogens with zero attached hydrogens (tertiary/aromatic N) is 1. The molecule has 2 aromatic rings. The zero-order valence-electron chi connectivity index (χ0n) is 14.9. The minimum atomic E-state index is -3.25. The van der Waals surface area contributed by atoms with Crippen molar-refractivity contribution in [1.82, 2.24) is 9.62 Å². The van der Waals surface area contributed by atoms with E-state index in [9.17, 15) is 13.2 Å². The summed E-state index contributed by atoms with van der Waals surface area (Å²) in [6, 6.07) is 17.9. The van der Waals surface area contributed by atoms with E-state index in [-0.39, 0.29) is 11.9 Å². The molecule has 1 saturated heterocycles. The second-order valence-corrected chi connectivity index (χ2v) is 8.59. The Morgan fingerprint density at radius 2 is 1.73 bits per heavy atom. The number of amides is 1. The zero-order chi connectivity index (χ0) is 18.6. The molecule has 2 aromatic carbocycles. The van der Waals surface area contributed by atoms with Crippen molar-refractivity contribution >= 4 is 15.9 Å². The van der Waals surface area contributed by atoms with Gasteiger partial charge in [0.1, 0.15) is 0 Å². The molecule has 0 aliphatic carbocycles. The SMILES string of the molecule is CS(=O)(=O)N[C@H]1CCCN(C(=O)Cc2ccc(-c3ccccc3)cc2)C1. The van der Waals surface area contributed by atoms with Crippen molar-refractivity contribution < 1.29 is 13.2 Å². The minimum Gasteiger partial charge on any atom is -0.341 e. The van der Waals surface area contributed by atoms with Gasteiger partial charge in [-0.1, -0.05) is 54.6 Å². The third kappa shape index (κ3) is 5.16. The Bertz CT molecular complexity index is 848. The average molecular weight is 372 g/mol. The summed E-state index contributed by atoms with van der Waals surface area (Å²) < 4.78 is 25.4. The average Bonchev–Trinajstić information content (AvgIpc) is 2.62. The quantitative estimate of drug-likeness (QED) is 0.877. The van der Waals surface area contributed by atoms with Gasteiger partial charge in [0.25, 0.3) is 0 Å². The molecule has 1 N–H and O–H groups in total. The van der Waals surface area contributed by atoms with E-state index in [4.69, 9.17) is 0 Å². The van der Waals surface area contributed by atoms with Gasteiger partial charge in [-0.05, 0) is 29.5 Å². The third-order valence-corrected chi connectivity index (χ3v) is 5.33. The number of hydrogen-bond donors (Lipinski definition) is 1. The van der Waals surface area contributed by atoms with Crippen molar-refractivity contribution in [2.24, 2.45) is 0 Å². The molecular formula is C20H24N2O3S. The summed E-state index contributed by atoms with van der Waals surface area (Å²) in [5.74, 6) is 0.0393. The highest BCUT2D eigenvalue weighted by Gasteiger charge is 2.25. The summed E-state index contributed by atoms with van der Waals surface area (Å²) in [4.78, 5) is 14.3. The summed E-state index contributed by atoms with van der Waals surface area (Å²) in [5, 5.41) is 0. The van der Waals surface area contributed by atoms with E-state index in [0.29, 0.717) is 19.5 Å². The van der Waals surface area contributed by atoms with Gasteiger partial charge < -0.3 is 4.90 Å². The van der Waals surface area contributed by atoms with Gasteiger partial charge in [0.2, 0.25) is 15.9 Å². The number of carbonyl (C=O) groups is 1. The highest BCUT2D eigenvalue weighted by molar-refractivity contribution is 7.88. The van der Waals surface area contributed by atoms with Crippen molar-refractivity contribution in [3.63, 3.8) is 0 Å². The normalized spacial score (nSPS) is 17.9. The maximum Gasteiger partial charge on any atom is 0.227 e. The van der Waals surface area contributed by atoms with Crippen molar-refractivity contribution in [2.45, 2.75) is 25.3 Å². The summed E-state index contributed by atoms with van der Waals surface area (Å²) >= 11 is 0. The largest absolute Gasteiger partial charge is 0.341 e. The van der Waals surface area contributed by atoms with Gasteiger partial charge in [0, 0.05) is 19.1 Å². The van der Waals surface area contributed by atoms with E-state index < -0.39 is 10.0 Å². The molecule has 26 heavy (non-hydrogen) atoms. The summed E-state index contributed by atoms with van der Waals surface area (Å²) in [6.07, 6.45) is 3.07. The summed E-state index contributed by atoms with van der Waals surface area (Å²) in [5.41, 5.74) is 3.24. The smallest absolute Gasteiger partial charge is 0.227 e. The predicted molar refractivity (Wildman–Crippen MR) is 103 cm³/mol. The highest BCUT2D eigenvalue weighted by atomic mass is 32.2. The van der Waals surface area contributed by atoms with Crippen molar-refractivity contribution in [2.75, 3.05) is 19.3 Å². The van der Waals surface area contributed by atoms with Crippen LogP contribution >= 0.6 is 0 Å². The second-order valence-electron chi connectivity index (χ2n) is 6.81. The molecule has 1 heterocycles. The number of hydrogen-bond acceptors (Lipinski definition) is 3.